The summed E-state index contributed by atoms with van der Waals surface area (Å²) in [5.74, 6) is 0.0985. The molecule has 1 atom stereocenters. The lowest BCUT2D eigenvalue weighted by Crippen LogP contribution is -2.54. The highest BCUT2D eigenvalue weighted by atomic mass is 79.9. The van der Waals surface area contributed by atoms with Gasteiger partial charge in [-0.1, -0.05) is 0 Å². The second-order valence-electron chi connectivity index (χ2n) is 5.31. The van der Waals surface area contributed by atoms with E-state index in [1.165, 1.54) is 6.20 Å². The minimum Gasteiger partial charge on any atom is -0.348 e. The summed E-state index contributed by atoms with van der Waals surface area (Å²) in [5, 5.41) is 2.88. The van der Waals surface area contributed by atoms with Crippen molar-refractivity contribution in [1.82, 2.24) is 14.9 Å². The number of aromatic amines is 1. The smallest absolute Gasteiger partial charge is 0.328 e. The number of aromatic nitrogens is 2. The number of nitrogens with zero attached hydrogens (tertiary/aromatic N) is 1. The fraction of sp³-hybridized carbons (Fsp3) is 0.583. The van der Waals surface area contributed by atoms with E-state index in [0.717, 1.165) is 17.4 Å². The molecule has 0 spiro atoms. The van der Waals surface area contributed by atoms with Gasteiger partial charge in [0.1, 0.15) is 6.54 Å². The van der Waals surface area contributed by atoms with Crippen molar-refractivity contribution < 1.29 is 4.79 Å². The molecule has 8 heteroatoms. The second kappa shape index (κ2) is 5.53. The zero-order valence-electron chi connectivity index (χ0n) is 11.1. The van der Waals surface area contributed by atoms with E-state index in [1.807, 2.05) is 6.92 Å². The molecule has 0 aliphatic heterocycles. The zero-order chi connectivity index (χ0) is 14.9. The van der Waals surface area contributed by atoms with Gasteiger partial charge >= 0.3 is 5.69 Å². The monoisotopic (exact) mass is 344 g/mol. The van der Waals surface area contributed by atoms with Crippen molar-refractivity contribution in [1.29, 1.82) is 0 Å². The number of nitrogens with two attached hydrogens (primary N) is 1. The Balaban J connectivity index is 2.10. The van der Waals surface area contributed by atoms with Gasteiger partial charge in [-0.3, -0.25) is 19.1 Å². The summed E-state index contributed by atoms with van der Waals surface area (Å²) in [7, 11) is 0. The molecule has 0 saturated heterocycles. The topological polar surface area (TPSA) is 110 Å². The molecular weight excluding hydrogens is 328 g/mol. The van der Waals surface area contributed by atoms with Crippen molar-refractivity contribution in [3.05, 3.63) is 31.5 Å². The predicted octanol–water partition coefficient (Wildman–Crippen LogP) is -0.457. The largest absolute Gasteiger partial charge is 0.348 e. The van der Waals surface area contributed by atoms with Crippen molar-refractivity contribution in [2.24, 2.45) is 11.7 Å². The minimum absolute atomic E-state index is 0.156. The van der Waals surface area contributed by atoms with Gasteiger partial charge in [-0.05, 0) is 41.6 Å². The summed E-state index contributed by atoms with van der Waals surface area (Å²) in [6.07, 6.45) is 3.41. The fourth-order valence-corrected chi connectivity index (χ4v) is 2.50. The average molecular weight is 345 g/mol. The number of rotatable bonds is 5. The Morgan fingerprint density at radius 2 is 2.25 bits per heavy atom. The lowest BCUT2D eigenvalue weighted by atomic mass is 9.96. The average Bonchev–Trinajstić information content (AvgIpc) is 3.20. The number of H-pyrrole nitrogens is 1. The molecule has 2 rings (SSSR count). The maximum Gasteiger partial charge on any atom is 0.328 e. The predicted molar refractivity (Wildman–Crippen MR) is 77.3 cm³/mol. The SMILES string of the molecule is CC(CN)(NC(=O)Cn1cc(Br)c(=O)[nH]c1=O)C1CC1. The van der Waals surface area contributed by atoms with Crippen LogP contribution in [0.15, 0.2) is 20.3 Å². The van der Waals surface area contributed by atoms with E-state index in [-0.39, 0.29) is 16.9 Å². The van der Waals surface area contributed by atoms with E-state index in [0.29, 0.717) is 12.5 Å². The highest BCUT2D eigenvalue weighted by Gasteiger charge is 2.41. The molecule has 1 fully saturated rings. The van der Waals surface area contributed by atoms with Gasteiger partial charge in [0.2, 0.25) is 5.91 Å². The molecule has 0 aromatic carbocycles. The van der Waals surface area contributed by atoms with Crippen LogP contribution in [-0.2, 0) is 11.3 Å². The van der Waals surface area contributed by atoms with Crippen molar-refractivity contribution in [2.75, 3.05) is 6.54 Å². The third-order valence-electron chi connectivity index (χ3n) is 3.61. The van der Waals surface area contributed by atoms with Crippen LogP contribution in [0.4, 0.5) is 0 Å². The first-order valence-corrected chi connectivity index (χ1v) is 7.15. The zero-order valence-corrected chi connectivity index (χ0v) is 12.7. The standard InChI is InChI=1S/C12H17BrN4O3/c1-12(6-14,7-2-3-7)16-9(18)5-17-4-8(13)10(19)15-11(17)20/h4,7H,2-3,5-6,14H2,1H3,(H,16,18)(H,15,19,20). The van der Waals surface area contributed by atoms with Gasteiger partial charge in [-0.15, -0.1) is 0 Å². The van der Waals surface area contributed by atoms with Gasteiger partial charge in [-0.25, -0.2) is 4.79 Å². The second-order valence-corrected chi connectivity index (χ2v) is 6.16. The number of hydrogen-bond donors (Lipinski definition) is 3. The van der Waals surface area contributed by atoms with Crippen LogP contribution >= 0.6 is 15.9 Å². The van der Waals surface area contributed by atoms with Gasteiger partial charge in [0.25, 0.3) is 5.56 Å². The summed E-state index contributed by atoms with van der Waals surface area (Å²) in [6.45, 7) is 2.11. The van der Waals surface area contributed by atoms with Crippen LogP contribution in [0.5, 0.6) is 0 Å². The Morgan fingerprint density at radius 3 is 2.80 bits per heavy atom. The molecule has 4 N–H and O–H groups in total. The molecule has 1 unspecified atom stereocenters. The molecule has 20 heavy (non-hydrogen) atoms. The van der Waals surface area contributed by atoms with Crippen LogP contribution in [-0.4, -0.2) is 27.5 Å². The summed E-state index contributed by atoms with van der Waals surface area (Å²) >= 11 is 3.02. The van der Waals surface area contributed by atoms with Crippen LogP contribution in [0, 0.1) is 5.92 Å². The number of carbonyl (C=O) groups excluding carboxylic acids is 1. The summed E-state index contributed by atoms with van der Waals surface area (Å²) in [5.41, 5.74) is 4.16. The molecule has 1 aromatic rings. The molecule has 1 amide bonds. The highest BCUT2D eigenvalue weighted by Crippen LogP contribution is 2.38. The molecule has 7 nitrogen and oxygen atoms in total. The van der Waals surface area contributed by atoms with E-state index in [1.54, 1.807) is 0 Å². The van der Waals surface area contributed by atoms with E-state index >= 15 is 0 Å². The molecular formula is C12H17BrN4O3. The molecule has 1 heterocycles. The van der Waals surface area contributed by atoms with Gasteiger partial charge in [0, 0.05) is 12.7 Å². The minimum atomic E-state index is -0.616. The van der Waals surface area contributed by atoms with Crippen LogP contribution in [0.3, 0.4) is 0 Å². The number of amides is 1. The van der Waals surface area contributed by atoms with Crippen LogP contribution < -0.4 is 22.3 Å². The summed E-state index contributed by atoms with van der Waals surface area (Å²) < 4.78 is 1.35. The third-order valence-corrected chi connectivity index (χ3v) is 4.17. The highest BCUT2D eigenvalue weighted by molar-refractivity contribution is 9.10. The van der Waals surface area contributed by atoms with Crippen molar-refractivity contribution in [2.45, 2.75) is 31.8 Å². The first kappa shape index (κ1) is 15.0. The maximum absolute atomic E-state index is 12.0. The Kier molecular flexibility index (Phi) is 4.14. The number of hydrogen-bond acceptors (Lipinski definition) is 4. The molecule has 0 bridgehead atoms. The summed E-state index contributed by atoms with van der Waals surface area (Å²) in [6, 6.07) is 0. The fourth-order valence-electron chi connectivity index (χ4n) is 2.15. The van der Waals surface area contributed by atoms with Gasteiger partial charge in [0.05, 0.1) is 10.0 Å². The normalized spacial score (nSPS) is 17.6. The Labute approximate surface area is 123 Å². The van der Waals surface area contributed by atoms with E-state index in [2.05, 4.69) is 26.2 Å². The molecule has 1 aromatic heterocycles. The summed E-state index contributed by atoms with van der Waals surface area (Å²) in [4.78, 5) is 37.0. The first-order valence-electron chi connectivity index (χ1n) is 6.36. The van der Waals surface area contributed by atoms with E-state index in [9.17, 15) is 14.4 Å². The van der Waals surface area contributed by atoms with Crippen LogP contribution in [0.25, 0.3) is 0 Å². The number of carbonyl (C=O) groups is 1. The Bertz CT molecular complexity index is 634. The quantitative estimate of drug-likeness (QED) is 0.671. The number of nitrogens with one attached hydrogen (secondary N) is 2. The van der Waals surface area contributed by atoms with Crippen molar-refractivity contribution in [3.8, 4) is 0 Å². The molecule has 1 aliphatic carbocycles. The van der Waals surface area contributed by atoms with E-state index < -0.39 is 16.8 Å². The third kappa shape index (κ3) is 3.18. The Hall–Kier alpha value is -1.41. The van der Waals surface area contributed by atoms with Gasteiger partial charge < -0.3 is 11.1 Å². The van der Waals surface area contributed by atoms with Crippen LogP contribution in [0.2, 0.25) is 0 Å². The number of halogens is 1. The molecule has 0 radical (unpaired) electrons. The van der Waals surface area contributed by atoms with Crippen molar-refractivity contribution in [3.63, 3.8) is 0 Å². The van der Waals surface area contributed by atoms with Crippen LogP contribution in [0.1, 0.15) is 19.8 Å². The molecule has 1 aliphatic rings. The Morgan fingerprint density at radius 1 is 1.60 bits per heavy atom. The first-order chi connectivity index (χ1) is 9.35. The van der Waals surface area contributed by atoms with Gasteiger partial charge in [0.15, 0.2) is 0 Å². The lowest BCUT2D eigenvalue weighted by Gasteiger charge is -2.29. The van der Waals surface area contributed by atoms with Gasteiger partial charge in [-0.2, -0.15) is 0 Å². The lowest BCUT2D eigenvalue weighted by molar-refractivity contribution is -0.123. The molecule has 1 saturated carbocycles. The maximum atomic E-state index is 12.0. The molecule has 110 valence electrons. The van der Waals surface area contributed by atoms with E-state index in [4.69, 9.17) is 5.73 Å². The van der Waals surface area contributed by atoms with Crippen molar-refractivity contribution >= 4 is 21.8 Å².